The predicted molar refractivity (Wildman–Crippen MR) is 89.0 cm³/mol. The van der Waals surface area contributed by atoms with Gasteiger partial charge in [0.05, 0.1) is 6.21 Å². The molecule has 26 heavy (non-hydrogen) atoms. The second kappa shape index (κ2) is 8.20. The molecule has 1 aromatic carbocycles. The van der Waals surface area contributed by atoms with Crippen LogP contribution in [0, 0.1) is 0 Å². The third-order valence-electron chi connectivity index (χ3n) is 2.90. The van der Waals surface area contributed by atoms with E-state index < -0.39 is 27.0 Å². The number of amides is 2. The van der Waals surface area contributed by atoms with Crippen molar-refractivity contribution in [3.8, 4) is 0 Å². The van der Waals surface area contributed by atoms with Gasteiger partial charge in [0.15, 0.2) is 0 Å². The van der Waals surface area contributed by atoms with Gasteiger partial charge in [0.2, 0.25) is 5.09 Å². The van der Waals surface area contributed by atoms with Crippen molar-refractivity contribution in [3.05, 3.63) is 59.4 Å². The fraction of sp³-hybridized carbons (Fsp3) is 0. The number of hydroxylamine groups is 1. The van der Waals surface area contributed by atoms with Crippen molar-refractivity contribution in [2.24, 2.45) is 5.10 Å². The second-order valence-corrected chi connectivity index (χ2v) is 6.12. The molecule has 0 spiro atoms. The lowest BCUT2D eigenvalue weighted by Gasteiger charge is -2.01. The van der Waals surface area contributed by atoms with Crippen molar-refractivity contribution in [1.82, 2.24) is 10.9 Å². The molecule has 0 aliphatic rings. The SMILES string of the molecule is O=C(/C=C/c1cccc(C(=O)N/N=C/c2ccc(S(=O)(=O)O)o2)c1)NO. The Morgan fingerprint density at radius 1 is 1.19 bits per heavy atom. The Labute approximate surface area is 147 Å². The monoisotopic (exact) mass is 379 g/mol. The van der Waals surface area contributed by atoms with Crippen LogP contribution >= 0.6 is 0 Å². The molecule has 0 atom stereocenters. The van der Waals surface area contributed by atoms with Crippen molar-refractivity contribution >= 4 is 34.2 Å². The largest absolute Gasteiger partial charge is 0.441 e. The molecular formula is C15H13N3O7S. The van der Waals surface area contributed by atoms with Gasteiger partial charge in [-0.25, -0.2) is 10.9 Å². The van der Waals surface area contributed by atoms with Crippen LogP contribution in [0.4, 0.5) is 0 Å². The summed E-state index contributed by atoms with van der Waals surface area (Å²) in [6.07, 6.45) is 3.53. The fourth-order valence-corrected chi connectivity index (χ4v) is 2.20. The standard InChI is InChI=1S/C15H13N3O7S/c19-13(18-21)6-4-10-2-1-3-11(8-10)15(20)17-16-9-12-5-7-14(25-12)26(22,23)24/h1-9,21H,(H,17,20)(H,18,19)(H,22,23,24)/b6-4+,16-9+. The van der Waals surface area contributed by atoms with E-state index in [0.717, 1.165) is 18.4 Å². The first-order valence-corrected chi connectivity index (χ1v) is 8.36. The van der Waals surface area contributed by atoms with Crippen LogP contribution in [0.25, 0.3) is 6.08 Å². The van der Waals surface area contributed by atoms with Crippen LogP contribution in [0.5, 0.6) is 0 Å². The molecule has 0 bridgehead atoms. The molecule has 2 aromatic rings. The molecule has 0 fully saturated rings. The summed E-state index contributed by atoms with van der Waals surface area (Å²) in [4.78, 5) is 22.9. The lowest BCUT2D eigenvalue weighted by Crippen LogP contribution is -2.17. The normalized spacial score (nSPS) is 11.8. The number of nitrogens with zero attached hydrogens (tertiary/aromatic N) is 1. The molecule has 136 valence electrons. The Bertz CT molecular complexity index is 977. The molecule has 10 nitrogen and oxygen atoms in total. The Morgan fingerprint density at radius 3 is 2.62 bits per heavy atom. The van der Waals surface area contributed by atoms with E-state index in [9.17, 15) is 18.0 Å². The molecule has 1 heterocycles. The lowest BCUT2D eigenvalue weighted by atomic mass is 10.1. The Morgan fingerprint density at radius 2 is 1.96 bits per heavy atom. The third kappa shape index (κ3) is 5.37. The van der Waals surface area contributed by atoms with E-state index >= 15 is 0 Å². The molecule has 0 radical (unpaired) electrons. The molecule has 4 N–H and O–H groups in total. The zero-order valence-corrected chi connectivity index (χ0v) is 13.8. The molecule has 0 aliphatic heterocycles. The second-order valence-electron chi connectivity index (χ2n) is 4.77. The summed E-state index contributed by atoms with van der Waals surface area (Å²) in [7, 11) is -4.45. The van der Waals surface area contributed by atoms with Gasteiger partial charge in [0.25, 0.3) is 11.8 Å². The van der Waals surface area contributed by atoms with Crippen molar-refractivity contribution in [1.29, 1.82) is 0 Å². The minimum Gasteiger partial charge on any atom is -0.441 e. The minimum atomic E-state index is -4.45. The highest BCUT2D eigenvalue weighted by atomic mass is 32.2. The van der Waals surface area contributed by atoms with Gasteiger partial charge in [-0.3, -0.25) is 19.3 Å². The van der Waals surface area contributed by atoms with Gasteiger partial charge < -0.3 is 4.42 Å². The van der Waals surface area contributed by atoms with E-state index in [2.05, 4.69) is 10.5 Å². The molecule has 0 unspecified atom stereocenters. The molecule has 0 saturated heterocycles. The summed E-state index contributed by atoms with van der Waals surface area (Å²) in [5.41, 5.74) is 4.43. The molecule has 1 aromatic heterocycles. The number of nitrogens with one attached hydrogen (secondary N) is 2. The maximum Gasteiger partial charge on any atom is 0.328 e. The van der Waals surface area contributed by atoms with Crippen LogP contribution in [0.3, 0.4) is 0 Å². The highest BCUT2D eigenvalue weighted by Gasteiger charge is 2.14. The zero-order chi connectivity index (χ0) is 19.2. The molecule has 0 saturated carbocycles. The van der Waals surface area contributed by atoms with Gasteiger partial charge in [0, 0.05) is 11.6 Å². The maximum absolute atomic E-state index is 12.0. The number of rotatable bonds is 6. The first-order valence-electron chi connectivity index (χ1n) is 6.92. The van der Waals surface area contributed by atoms with E-state index in [4.69, 9.17) is 14.2 Å². The Hall–Kier alpha value is -3.28. The average molecular weight is 379 g/mol. The molecular weight excluding hydrogens is 366 g/mol. The summed E-state index contributed by atoms with van der Waals surface area (Å²) in [6, 6.07) is 8.50. The van der Waals surface area contributed by atoms with Crippen LogP contribution in [-0.2, 0) is 14.9 Å². The summed E-state index contributed by atoms with van der Waals surface area (Å²) < 4.78 is 35.3. The van der Waals surface area contributed by atoms with Crippen LogP contribution in [0.15, 0.2) is 57.1 Å². The van der Waals surface area contributed by atoms with Gasteiger partial charge in [0.1, 0.15) is 5.76 Å². The number of furan rings is 1. The van der Waals surface area contributed by atoms with Crippen LogP contribution in [0.2, 0.25) is 0 Å². The number of benzene rings is 1. The first-order chi connectivity index (χ1) is 12.3. The average Bonchev–Trinajstić information content (AvgIpc) is 3.09. The van der Waals surface area contributed by atoms with Gasteiger partial charge in [-0.15, -0.1) is 0 Å². The number of carbonyl (C=O) groups is 2. The Kier molecular flexibility index (Phi) is 6.01. The highest BCUT2D eigenvalue weighted by molar-refractivity contribution is 7.85. The molecule has 2 rings (SSSR count). The van der Waals surface area contributed by atoms with Crippen LogP contribution < -0.4 is 10.9 Å². The summed E-state index contributed by atoms with van der Waals surface area (Å²) in [5, 5.41) is 11.4. The maximum atomic E-state index is 12.0. The van der Waals surface area contributed by atoms with E-state index in [1.807, 2.05) is 0 Å². The van der Waals surface area contributed by atoms with Crippen molar-refractivity contribution in [2.75, 3.05) is 0 Å². The zero-order valence-electron chi connectivity index (χ0n) is 13.0. The van der Waals surface area contributed by atoms with Crippen molar-refractivity contribution in [2.45, 2.75) is 5.09 Å². The molecule has 11 heteroatoms. The van der Waals surface area contributed by atoms with E-state index in [1.54, 1.807) is 12.1 Å². The predicted octanol–water partition coefficient (Wildman–Crippen LogP) is 0.809. The highest BCUT2D eigenvalue weighted by Crippen LogP contribution is 2.11. The van der Waals surface area contributed by atoms with Gasteiger partial charge in [-0.1, -0.05) is 12.1 Å². The summed E-state index contributed by atoms with van der Waals surface area (Å²) >= 11 is 0. The van der Waals surface area contributed by atoms with Crippen molar-refractivity contribution < 1.29 is 32.2 Å². The van der Waals surface area contributed by atoms with Gasteiger partial charge in [-0.05, 0) is 35.9 Å². The quantitative estimate of drug-likeness (QED) is 0.190. The van der Waals surface area contributed by atoms with Crippen LogP contribution in [-0.4, -0.2) is 36.2 Å². The van der Waals surface area contributed by atoms with Gasteiger partial charge >= 0.3 is 10.1 Å². The number of hydrazone groups is 1. The fourth-order valence-electron chi connectivity index (χ4n) is 1.75. The number of hydrogen-bond acceptors (Lipinski definition) is 7. The third-order valence-corrected chi connectivity index (χ3v) is 3.63. The van der Waals surface area contributed by atoms with E-state index in [-0.39, 0.29) is 11.3 Å². The number of carbonyl (C=O) groups excluding carboxylic acids is 2. The number of hydrogen-bond donors (Lipinski definition) is 4. The first kappa shape index (κ1) is 19.1. The minimum absolute atomic E-state index is 0.00428. The summed E-state index contributed by atoms with van der Waals surface area (Å²) in [5.74, 6) is -1.28. The smallest absolute Gasteiger partial charge is 0.328 e. The Balaban J connectivity index is 2.02. The molecule has 2 amide bonds. The van der Waals surface area contributed by atoms with E-state index in [1.165, 1.54) is 29.8 Å². The summed E-state index contributed by atoms with van der Waals surface area (Å²) in [6.45, 7) is 0. The topological polar surface area (TPSA) is 158 Å². The van der Waals surface area contributed by atoms with Crippen molar-refractivity contribution in [3.63, 3.8) is 0 Å². The van der Waals surface area contributed by atoms with E-state index in [0.29, 0.717) is 5.56 Å². The molecule has 0 aliphatic carbocycles. The lowest BCUT2D eigenvalue weighted by molar-refractivity contribution is -0.124. The van der Waals surface area contributed by atoms with Gasteiger partial charge in [-0.2, -0.15) is 13.5 Å². The van der Waals surface area contributed by atoms with Crippen LogP contribution in [0.1, 0.15) is 21.7 Å².